The predicted octanol–water partition coefficient (Wildman–Crippen LogP) is 0.892. The molecule has 2 rings (SSSR count). The summed E-state index contributed by atoms with van der Waals surface area (Å²) in [6.45, 7) is 5.64. The Balaban J connectivity index is 2.14. The van der Waals surface area contributed by atoms with E-state index in [-0.39, 0.29) is 11.8 Å². The van der Waals surface area contributed by atoms with Crippen LogP contribution in [0, 0.1) is 12.8 Å². The number of rotatable bonds is 3. The Morgan fingerprint density at radius 3 is 2.60 bits per heavy atom. The monoisotopic (exact) mass is 277 g/mol. The third kappa shape index (κ3) is 2.84. The van der Waals surface area contributed by atoms with Gasteiger partial charge in [0.05, 0.1) is 0 Å². The first-order valence-corrected chi connectivity index (χ1v) is 7.16. The summed E-state index contributed by atoms with van der Waals surface area (Å²) >= 11 is 0. The molecule has 0 aliphatic carbocycles. The average molecular weight is 277 g/mol. The van der Waals surface area contributed by atoms with Gasteiger partial charge >= 0.3 is 0 Å². The Morgan fingerprint density at radius 1 is 1.40 bits per heavy atom. The van der Waals surface area contributed by atoms with Crippen molar-refractivity contribution >= 4 is 17.5 Å². The first-order chi connectivity index (χ1) is 9.56. The molecular weight excluding hydrogens is 254 g/mol. The standard InChI is InChI=1S/C14H23N5O/c1-4-11-17-12(15)9(2)13(18-11)19-7-5-10(6-8-19)14(20)16-3/h10H,4-8H2,1-3H3,(H,16,20)(H2,15,17,18). The summed E-state index contributed by atoms with van der Waals surface area (Å²) in [5.74, 6) is 2.50. The molecule has 6 heteroatoms. The van der Waals surface area contributed by atoms with Gasteiger partial charge in [-0.1, -0.05) is 6.92 Å². The van der Waals surface area contributed by atoms with E-state index in [0.717, 1.165) is 49.6 Å². The number of nitrogen functional groups attached to an aromatic ring is 1. The summed E-state index contributed by atoms with van der Waals surface area (Å²) in [4.78, 5) is 22.7. The lowest BCUT2D eigenvalue weighted by Gasteiger charge is -2.33. The topological polar surface area (TPSA) is 84.1 Å². The number of piperidine rings is 1. The van der Waals surface area contributed by atoms with Gasteiger partial charge < -0.3 is 16.0 Å². The van der Waals surface area contributed by atoms with Gasteiger partial charge in [-0.15, -0.1) is 0 Å². The lowest BCUT2D eigenvalue weighted by Crippen LogP contribution is -2.40. The predicted molar refractivity (Wildman–Crippen MR) is 79.6 cm³/mol. The third-order valence-electron chi connectivity index (χ3n) is 3.93. The van der Waals surface area contributed by atoms with Crippen molar-refractivity contribution < 1.29 is 4.79 Å². The van der Waals surface area contributed by atoms with Crippen molar-refractivity contribution in [2.24, 2.45) is 5.92 Å². The molecule has 1 amide bonds. The molecule has 1 aromatic rings. The Labute approximate surface area is 119 Å². The van der Waals surface area contributed by atoms with E-state index >= 15 is 0 Å². The fourth-order valence-corrected chi connectivity index (χ4v) is 2.59. The minimum absolute atomic E-state index is 0.112. The van der Waals surface area contributed by atoms with E-state index in [0.29, 0.717) is 5.82 Å². The highest BCUT2D eigenvalue weighted by Gasteiger charge is 2.26. The quantitative estimate of drug-likeness (QED) is 0.857. The van der Waals surface area contributed by atoms with Gasteiger partial charge in [-0.25, -0.2) is 9.97 Å². The molecule has 1 aromatic heterocycles. The highest BCUT2D eigenvalue weighted by molar-refractivity contribution is 5.78. The van der Waals surface area contributed by atoms with Crippen molar-refractivity contribution in [3.63, 3.8) is 0 Å². The van der Waals surface area contributed by atoms with Crippen LogP contribution in [0.4, 0.5) is 11.6 Å². The summed E-state index contributed by atoms with van der Waals surface area (Å²) in [6.07, 6.45) is 2.47. The van der Waals surface area contributed by atoms with E-state index in [1.807, 2.05) is 13.8 Å². The van der Waals surface area contributed by atoms with Crippen molar-refractivity contribution in [2.45, 2.75) is 33.1 Å². The fourth-order valence-electron chi connectivity index (χ4n) is 2.59. The van der Waals surface area contributed by atoms with Crippen LogP contribution in [0.2, 0.25) is 0 Å². The number of nitrogens with zero attached hydrogens (tertiary/aromatic N) is 3. The second-order valence-electron chi connectivity index (χ2n) is 5.20. The van der Waals surface area contributed by atoms with E-state index in [1.54, 1.807) is 7.05 Å². The molecule has 20 heavy (non-hydrogen) atoms. The van der Waals surface area contributed by atoms with E-state index in [4.69, 9.17) is 5.73 Å². The van der Waals surface area contributed by atoms with Crippen LogP contribution in [-0.4, -0.2) is 36.0 Å². The number of carbonyl (C=O) groups excluding carboxylic acids is 1. The van der Waals surface area contributed by atoms with Crippen molar-refractivity contribution in [2.75, 3.05) is 30.8 Å². The van der Waals surface area contributed by atoms with Gasteiger partial charge in [0.2, 0.25) is 5.91 Å². The van der Waals surface area contributed by atoms with Crippen LogP contribution in [0.1, 0.15) is 31.2 Å². The Hall–Kier alpha value is -1.85. The number of aromatic nitrogens is 2. The van der Waals surface area contributed by atoms with Crippen molar-refractivity contribution in [1.29, 1.82) is 0 Å². The zero-order valence-electron chi connectivity index (χ0n) is 12.4. The molecule has 0 radical (unpaired) electrons. The number of hydrogen-bond donors (Lipinski definition) is 2. The molecule has 0 unspecified atom stereocenters. The fraction of sp³-hybridized carbons (Fsp3) is 0.643. The molecule has 0 spiro atoms. The minimum Gasteiger partial charge on any atom is -0.383 e. The highest BCUT2D eigenvalue weighted by atomic mass is 16.1. The van der Waals surface area contributed by atoms with Crippen molar-refractivity contribution in [1.82, 2.24) is 15.3 Å². The normalized spacial score (nSPS) is 16.2. The van der Waals surface area contributed by atoms with Crippen LogP contribution in [0.3, 0.4) is 0 Å². The molecule has 110 valence electrons. The first-order valence-electron chi connectivity index (χ1n) is 7.16. The number of carbonyl (C=O) groups is 1. The highest BCUT2D eigenvalue weighted by Crippen LogP contribution is 2.26. The Bertz CT molecular complexity index is 495. The number of nitrogens with two attached hydrogens (primary N) is 1. The van der Waals surface area contributed by atoms with Gasteiger partial charge in [-0.2, -0.15) is 0 Å². The SMILES string of the molecule is CCc1nc(N)c(C)c(N2CCC(C(=O)NC)CC2)n1. The maximum atomic E-state index is 11.7. The second kappa shape index (κ2) is 6.07. The van der Waals surface area contributed by atoms with Gasteiger partial charge in [0.25, 0.3) is 0 Å². The van der Waals surface area contributed by atoms with E-state index in [9.17, 15) is 4.79 Å². The second-order valence-corrected chi connectivity index (χ2v) is 5.20. The van der Waals surface area contributed by atoms with Gasteiger partial charge in [0.15, 0.2) is 0 Å². The van der Waals surface area contributed by atoms with Crippen LogP contribution in [0.25, 0.3) is 0 Å². The molecule has 1 saturated heterocycles. The molecule has 0 aromatic carbocycles. The van der Waals surface area contributed by atoms with E-state index < -0.39 is 0 Å². The minimum atomic E-state index is 0.112. The van der Waals surface area contributed by atoms with Gasteiger partial charge in [-0.05, 0) is 19.8 Å². The molecule has 3 N–H and O–H groups in total. The molecule has 2 heterocycles. The zero-order chi connectivity index (χ0) is 14.7. The first kappa shape index (κ1) is 14.6. The summed E-state index contributed by atoms with van der Waals surface area (Å²) < 4.78 is 0. The largest absolute Gasteiger partial charge is 0.383 e. The van der Waals surface area contributed by atoms with Crippen molar-refractivity contribution in [3.8, 4) is 0 Å². The third-order valence-corrected chi connectivity index (χ3v) is 3.93. The Kier molecular flexibility index (Phi) is 4.42. The smallest absolute Gasteiger partial charge is 0.222 e. The Morgan fingerprint density at radius 2 is 2.05 bits per heavy atom. The molecular formula is C14H23N5O. The van der Waals surface area contributed by atoms with Crippen LogP contribution in [0.5, 0.6) is 0 Å². The molecule has 0 saturated carbocycles. The average Bonchev–Trinajstić information content (AvgIpc) is 2.49. The molecule has 0 bridgehead atoms. The van der Waals surface area contributed by atoms with Gasteiger partial charge in [0.1, 0.15) is 17.5 Å². The molecule has 1 aliphatic rings. The molecule has 6 nitrogen and oxygen atoms in total. The maximum Gasteiger partial charge on any atom is 0.222 e. The summed E-state index contributed by atoms with van der Waals surface area (Å²) in [5.41, 5.74) is 6.89. The van der Waals surface area contributed by atoms with Crippen LogP contribution >= 0.6 is 0 Å². The number of nitrogens with one attached hydrogen (secondary N) is 1. The number of anilines is 2. The van der Waals surface area contributed by atoms with E-state index in [1.165, 1.54) is 0 Å². The number of hydrogen-bond acceptors (Lipinski definition) is 5. The summed E-state index contributed by atoms with van der Waals surface area (Å²) in [6, 6.07) is 0. The zero-order valence-corrected chi connectivity index (χ0v) is 12.4. The van der Waals surface area contributed by atoms with Crippen molar-refractivity contribution in [3.05, 3.63) is 11.4 Å². The number of amides is 1. The summed E-state index contributed by atoms with van der Waals surface area (Å²) in [7, 11) is 1.69. The van der Waals surface area contributed by atoms with Crippen LogP contribution in [0.15, 0.2) is 0 Å². The lowest BCUT2D eigenvalue weighted by atomic mass is 9.96. The van der Waals surface area contributed by atoms with Gasteiger partial charge in [-0.3, -0.25) is 4.79 Å². The molecule has 1 aliphatic heterocycles. The maximum absolute atomic E-state index is 11.7. The summed E-state index contributed by atoms with van der Waals surface area (Å²) in [5, 5.41) is 2.72. The van der Waals surface area contributed by atoms with Gasteiger partial charge in [0, 0.05) is 38.0 Å². The molecule has 1 fully saturated rings. The molecule has 0 atom stereocenters. The number of aryl methyl sites for hydroxylation is 1. The van der Waals surface area contributed by atoms with Crippen LogP contribution < -0.4 is 16.0 Å². The van der Waals surface area contributed by atoms with Crippen LogP contribution in [-0.2, 0) is 11.2 Å². The lowest BCUT2D eigenvalue weighted by molar-refractivity contribution is -0.125. The van der Waals surface area contributed by atoms with E-state index in [2.05, 4.69) is 20.2 Å².